The van der Waals surface area contributed by atoms with Crippen LogP contribution in [0.25, 0.3) is 0 Å². The van der Waals surface area contributed by atoms with E-state index < -0.39 is 0 Å². The molecule has 0 aliphatic rings. The Kier molecular flexibility index (Phi) is 4.89. The van der Waals surface area contributed by atoms with Crippen molar-refractivity contribution < 1.29 is 0 Å². The molecule has 1 unspecified atom stereocenters. The van der Waals surface area contributed by atoms with Gasteiger partial charge in [-0.1, -0.05) is 45.7 Å². The summed E-state index contributed by atoms with van der Waals surface area (Å²) >= 11 is 9.65. The van der Waals surface area contributed by atoms with Crippen molar-refractivity contribution >= 4 is 33.2 Å². The third-order valence-electron chi connectivity index (χ3n) is 2.98. The van der Waals surface area contributed by atoms with Gasteiger partial charge in [-0.05, 0) is 55.7 Å². The lowest BCUT2D eigenvalue weighted by Gasteiger charge is -2.17. The molecule has 0 fully saturated rings. The van der Waals surface area contributed by atoms with Gasteiger partial charge in [-0.15, -0.1) is 0 Å². The number of aryl methyl sites for hydroxylation is 1. The zero-order chi connectivity index (χ0) is 13.8. The predicted molar refractivity (Wildman–Crippen MR) is 87.1 cm³/mol. The molecule has 0 radical (unpaired) electrons. The van der Waals surface area contributed by atoms with Gasteiger partial charge < -0.3 is 5.32 Å². The molecule has 0 spiro atoms. The van der Waals surface area contributed by atoms with E-state index in [0.717, 1.165) is 21.6 Å². The van der Waals surface area contributed by atoms with Gasteiger partial charge in [-0.25, -0.2) is 0 Å². The quantitative estimate of drug-likeness (QED) is 0.781. The number of anilines is 1. The van der Waals surface area contributed by atoms with Crippen molar-refractivity contribution in [2.45, 2.75) is 26.3 Å². The number of hydrogen-bond donors (Lipinski definition) is 1. The number of halogens is 2. The van der Waals surface area contributed by atoms with E-state index in [4.69, 9.17) is 11.6 Å². The molecule has 0 saturated heterocycles. The van der Waals surface area contributed by atoms with Gasteiger partial charge >= 0.3 is 0 Å². The first kappa shape index (κ1) is 14.4. The number of benzene rings is 2. The first-order valence-corrected chi connectivity index (χ1v) is 7.49. The Labute approximate surface area is 128 Å². The van der Waals surface area contributed by atoms with Crippen LogP contribution in [0, 0.1) is 6.92 Å². The van der Waals surface area contributed by atoms with Gasteiger partial charge in [0.15, 0.2) is 0 Å². The Morgan fingerprint density at radius 3 is 2.53 bits per heavy atom. The standard InChI is InChI=1S/C16H17BrClN/c1-11-3-8-15(18)16(9-11)19-12(2)10-13-4-6-14(17)7-5-13/h3-9,12,19H,10H2,1-2H3. The van der Waals surface area contributed by atoms with Crippen molar-refractivity contribution in [2.75, 3.05) is 5.32 Å². The summed E-state index contributed by atoms with van der Waals surface area (Å²) in [6.45, 7) is 4.24. The molecule has 1 N–H and O–H groups in total. The van der Waals surface area contributed by atoms with Crippen molar-refractivity contribution in [1.29, 1.82) is 0 Å². The second-order valence-electron chi connectivity index (χ2n) is 4.86. The van der Waals surface area contributed by atoms with Crippen LogP contribution in [0.5, 0.6) is 0 Å². The molecule has 19 heavy (non-hydrogen) atoms. The lowest BCUT2D eigenvalue weighted by atomic mass is 10.1. The molecule has 3 heteroatoms. The van der Waals surface area contributed by atoms with E-state index in [1.165, 1.54) is 11.1 Å². The molecule has 1 atom stereocenters. The van der Waals surface area contributed by atoms with E-state index in [2.05, 4.69) is 65.4 Å². The highest BCUT2D eigenvalue weighted by atomic mass is 79.9. The highest BCUT2D eigenvalue weighted by molar-refractivity contribution is 9.10. The van der Waals surface area contributed by atoms with Crippen molar-refractivity contribution in [1.82, 2.24) is 0 Å². The van der Waals surface area contributed by atoms with Crippen LogP contribution in [-0.2, 0) is 6.42 Å². The molecule has 0 aliphatic heterocycles. The molecule has 0 aromatic heterocycles. The lowest BCUT2D eigenvalue weighted by Crippen LogP contribution is -2.18. The van der Waals surface area contributed by atoms with E-state index in [9.17, 15) is 0 Å². The number of rotatable bonds is 4. The molecule has 100 valence electrons. The molecule has 0 saturated carbocycles. The van der Waals surface area contributed by atoms with Crippen molar-refractivity contribution in [3.05, 3.63) is 63.1 Å². The SMILES string of the molecule is Cc1ccc(Cl)c(NC(C)Cc2ccc(Br)cc2)c1. The van der Waals surface area contributed by atoms with Crippen LogP contribution in [0.4, 0.5) is 5.69 Å². The van der Waals surface area contributed by atoms with Crippen molar-refractivity contribution in [3.63, 3.8) is 0 Å². The number of nitrogens with one attached hydrogen (secondary N) is 1. The zero-order valence-electron chi connectivity index (χ0n) is 11.1. The van der Waals surface area contributed by atoms with Gasteiger partial charge in [0.2, 0.25) is 0 Å². The summed E-state index contributed by atoms with van der Waals surface area (Å²) in [5.41, 5.74) is 3.53. The maximum atomic E-state index is 6.20. The normalized spacial score (nSPS) is 12.2. The van der Waals surface area contributed by atoms with Gasteiger partial charge in [0.25, 0.3) is 0 Å². The molecule has 2 aromatic carbocycles. The van der Waals surface area contributed by atoms with Gasteiger partial charge in [0, 0.05) is 10.5 Å². The first-order chi connectivity index (χ1) is 9.04. The summed E-state index contributed by atoms with van der Waals surface area (Å²) in [6.07, 6.45) is 0.970. The Morgan fingerprint density at radius 2 is 1.84 bits per heavy atom. The van der Waals surface area contributed by atoms with Crippen molar-refractivity contribution in [2.24, 2.45) is 0 Å². The summed E-state index contributed by atoms with van der Waals surface area (Å²) in [6, 6.07) is 14.8. The van der Waals surface area contributed by atoms with Crippen molar-refractivity contribution in [3.8, 4) is 0 Å². The van der Waals surface area contributed by atoms with Crippen LogP contribution in [0.2, 0.25) is 5.02 Å². The average Bonchev–Trinajstić information content (AvgIpc) is 2.37. The number of hydrogen-bond acceptors (Lipinski definition) is 1. The molecule has 0 heterocycles. The maximum absolute atomic E-state index is 6.20. The fraction of sp³-hybridized carbons (Fsp3) is 0.250. The topological polar surface area (TPSA) is 12.0 Å². The molecular weight excluding hydrogens is 322 g/mol. The molecule has 0 amide bonds. The van der Waals surface area contributed by atoms with Crippen LogP contribution in [0.1, 0.15) is 18.1 Å². The molecule has 0 aliphatic carbocycles. The third-order valence-corrected chi connectivity index (χ3v) is 3.84. The summed E-state index contributed by atoms with van der Waals surface area (Å²) in [5, 5.41) is 4.24. The zero-order valence-corrected chi connectivity index (χ0v) is 13.4. The second-order valence-corrected chi connectivity index (χ2v) is 6.18. The molecular formula is C16H17BrClN. The Hall–Kier alpha value is -0.990. The van der Waals surface area contributed by atoms with E-state index in [1.807, 2.05) is 12.1 Å². The second kappa shape index (κ2) is 6.44. The smallest absolute Gasteiger partial charge is 0.0637 e. The summed E-state index contributed by atoms with van der Waals surface area (Å²) in [4.78, 5) is 0. The maximum Gasteiger partial charge on any atom is 0.0637 e. The Bertz CT molecular complexity index is 551. The van der Waals surface area contributed by atoms with E-state index >= 15 is 0 Å². The highest BCUT2D eigenvalue weighted by Gasteiger charge is 2.06. The molecule has 2 rings (SSSR count). The Balaban J connectivity index is 2.02. The lowest BCUT2D eigenvalue weighted by molar-refractivity contribution is 0.790. The fourth-order valence-corrected chi connectivity index (χ4v) is 2.48. The highest BCUT2D eigenvalue weighted by Crippen LogP contribution is 2.24. The van der Waals surface area contributed by atoms with Gasteiger partial charge in [-0.3, -0.25) is 0 Å². The summed E-state index contributed by atoms with van der Waals surface area (Å²) in [5.74, 6) is 0. The third kappa shape index (κ3) is 4.26. The van der Waals surface area contributed by atoms with E-state index in [-0.39, 0.29) is 0 Å². The van der Waals surface area contributed by atoms with E-state index in [1.54, 1.807) is 0 Å². The molecule has 2 aromatic rings. The van der Waals surface area contributed by atoms with Gasteiger partial charge in [0.05, 0.1) is 10.7 Å². The van der Waals surface area contributed by atoms with Crippen LogP contribution in [0.3, 0.4) is 0 Å². The van der Waals surface area contributed by atoms with Gasteiger partial charge in [-0.2, -0.15) is 0 Å². The largest absolute Gasteiger partial charge is 0.381 e. The average molecular weight is 339 g/mol. The van der Waals surface area contributed by atoms with Crippen LogP contribution in [0.15, 0.2) is 46.9 Å². The predicted octanol–water partition coefficient (Wildman–Crippen LogP) is 5.45. The monoisotopic (exact) mass is 337 g/mol. The minimum absolute atomic E-state index is 0.334. The van der Waals surface area contributed by atoms with Gasteiger partial charge in [0.1, 0.15) is 0 Å². The molecule has 1 nitrogen and oxygen atoms in total. The van der Waals surface area contributed by atoms with E-state index in [0.29, 0.717) is 6.04 Å². The first-order valence-electron chi connectivity index (χ1n) is 6.32. The van der Waals surface area contributed by atoms with Crippen LogP contribution >= 0.6 is 27.5 Å². The van der Waals surface area contributed by atoms with Crippen LogP contribution in [-0.4, -0.2) is 6.04 Å². The Morgan fingerprint density at radius 1 is 1.16 bits per heavy atom. The fourth-order valence-electron chi connectivity index (χ4n) is 2.04. The molecule has 0 bridgehead atoms. The summed E-state index contributed by atoms with van der Waals surface area (Å²) < 4.78 is 1.11. The summed E-state index contributed by atoms with van der Waals surface area (Å²) in [7, 11) is 0. The minimum atomic E-state index is 0.334. The minimum Gasteiger partial charge on any atom is -0.381 e. The van der Waals surface area contributed by atoms with Crippen LogP contribution < -0.4 is 5.32 Å².